The maximum absolute atomic E-state index is 6.10. The predicted octanol–water partition coefficient (Wildman–Crippen LogP) is 6.28. The fourth-order valence-corrected chi connectivity index (χ4v) is 5.78. The maximum Gasteiger partial charge on any atom is 0.178 e. The Morgan fingerprint density at radius 3 is 2.14 bits per heavy atom. The summed E-state index contributed by atoms with van der Waals surface area (Å²) in [5.74, 6) is 1.67. The molecule has 218 valence electrons. The van der Waals surface area contributed by atoms with Gasteiger partial charge in [-0.15, -0.1) is 5.10 Å². The van der Waals surface area contributed by atoms with E-state index in [-0.39, 0.29) is 6.04 Å². The second-order valence-corrected chi connectivity index (χ2v) is 11.1. The Labute approximate surface area is 254 Å². The number of hydrogen-bond acceptors (Lipinski definition) is 6. The van der Waals surface area contributed by atoms with Crippen LogP contribution in [0, 0.1) is 13.8 Å². The molecule has 7 heteroatoms. The average molecular weight is 571 g/mol. The fraction of sp³-hybridized carbons (Fsp3) is 0.250. The maximum atomic E-state index is 6.10. The van der Waals surface area contributed by atoms with E-state index in [1.807, 2.05) is 22.9 Å². The van der Waals surface area contributed by atoms with E-state index in [2.05, 4.69) is 136 Å². The molecule has 1 aromatic heterocycles. The van der Waals surface area contributed by atoms with Gasteiger partial charge >= 0.3 is 0 Å². The van der Waals surface area contributed by atoms with Crippen molar-refractivity contribution in [2.24, 2.45) is 0 Å². The van der Waals surface area contributed by atoms with Crippen LogP contribution < -0.4 is 4.74 Å². The number of aromatic nitrogens is 4. The van der Waals surface area contributed by atoms with E-state index in [0.29, 0.717) is 6.61 Å². The standard InChI is InChI=1S/C36H38N6O/c1-28-11-9-12-29(2)34(28)42-36(37-38-39-42)35(32-18-20-33(21-19-32)43-27-31-15-7-4-8-16-31)41-25-23-40(24-26-41)22-10-17-30-13-5-3-6-14-30/h3-21,35H,22-27H2,1-2H3/t35-/m0/s1. The molecule has 0 bridgehead atoms. The smallest absolute Gasteiger partial charge is 0.178 e. The van der Waals surface area contributed by atoms with Crippen LogP contribution in [-0.4, -0.2) is 62.7 Å². The quantitative estimate of drug-likeness (QED) is 0.197. The number of hydrogen-bond donors (Lipinski definition) is 0. The first kappa shape index (κ1) is 28.5. The zero-order chi connectivity index (χ0) is 29.4. The lowest BCUT2D eigenvalue weighted by Crippen LogP contribution is -2.48. The zero-order valence-corrected chi connectivity index (χ0v) is 24.9. The van der Waals surface area contributed by atoms with Crippen LogP contribution in [0.15, 0.2) is 109 Å². The van der Waals surface area contributed by atoms with Crippen LogP contribution in [0.3, 0.4) is 0 Å². The zero-order valence-electron chi connectivity index (χ0n) is 24.9. The highest BCUT2D eigenvalue weighted by atomic mass is 16.5. The van der Waals surface area contributed by atoms with Crippen LogP contribution in [0.25, 0.3) is 11.8 Å². The lowest BCUT2D eigenvalue weighted by Gasteiger charge is -2.38. The summed E-state index contributed by atoms with van der Waals surface area (Å²) >= 11 is 0. The van der Waals surface area contributed by atoms with Crippen molar-refractivity contribution in [1.82, 2.24) is 30.0 Å². The first-order chi connectivity index (χ1) is 21.2. The van der Waals surface area contributed by atoms with E-state index in [9.17, 15) is 0 Å². The Bertz CT molecular complexity index is 1600. The van der Waals surface area contributed by atoms with Gasteiger partial charge in [0.2, 0.25) is 0 Å². The average Bonchev–Trinajstić information content (AvgIpc) is 3.51. The summed E-state index contributed by atoms with van der Waals surface area (Å²) in [7, 11) is 0. The van der Waals surface area contributed by atoms with Crippen LogP contribution in [0.5, 0.6) is 5.75 Å². The van der Waals surface area contributed by atoms with Crippen molar-refractivity contribution in [3.63, 3.8) is 0 Å². The molecule has 1 aliphatic rings. The lowest BCUT2D eigenvalue weighted by atomic mass is 10.0. The van der Waals surface area contributed by atoms with Gasteiger partial charge in [-0.05, 0) is 64.2 Å². The van der Waals surface area contributed by atoms with Gasteiger partial charge in [0, 0.05) is 32.7 Å². The molecule has 0 amide bonds. The van der Waals surface area contributed by atoms with Gasteiger partial charge in [-0.1, -0.05) is 103 Å². The molecule has 0 aliphatic carbocycles. The third kappa shape index (κ3) is 6.91. The first-order valence-corrected chi connectivity index (χ1v) is 15.0. The molecule has 5 aromatic rings. The molecule has 2 heterocycles. The van der Waals surface area contributed by atoms with E-state index in [0.717, 1.165) is 72.2 Å². The van der Waals surface area contributed by atoms with E-state index in [1.165, 1.54) is 5.56 Å². The molecule has 6 rings (SSSR count). The number of nitrogens with zero attached hydrogens (tertiary/aromatic N) is 6. The molecule has 4 aromatic carbocycles. The van der Waals surface area contributed by atoms with Gasteiger partial charge in [-0.2, -0.15) is 4.68 Å². The molecule has 0 spiro atoms. The molecule has 1 aliphatic heterocycles. The van der Waals surface area contributed by atoms with Gasteiger partial charge in [0.05, 0.1) is 11.7 Å². The molecule has 43 heavy (non-hydrogen) atoms. The summed E-state index contributed by atoms with van der Waals surface area (Å²) < 4.78 is 8.03. The van der Waals surface area contributed by atoms with Crippen molar-refractivity contribution in [1.29, 1.82) is 0 Å². The number of aryl methyl sites for hydroxylation is 2. The second-order valence-electron chi connectivity index (χ2n) is 11.1. The third-order valence-corrected chi connectivity index (χ3v) is 8.08. The van der Waals surface area contributed by atoms with E-state index in [4.69, 9.17) is 4.74 Å². The summed E-state index contributed by atoms with van der Waals surface area (Å²) in [6.07, 6.45) is 4.47. The van der Waals surface area contributed by atoms with Gasteiger partial charge in [0.15, 0.2) is 5.82 Å². The fourth-order valence-electron chi connectivity index (χ4n) is 5.78. The number of ether oxygens (including phenoxy) is 1. The topological polar surface area (TPSA) is 59.3 Å². The summed E-state index contributed by atoms with van der Waals surface area (Å²) in [6.45, 7) is 9.46. The van der Waals surface area contributed by atoms with E-state index in [1.54, 1.807) is 0 Å². The van der Waals surface area contributed by atoms with Gasteiger partial charge in [-0.25, -0.2) is 0 Å². The lowest BCUT2D eigenvalue weighted by molar-refractivity contribution is 0.113. The number of benzene rings is 4. The van der Waals surface area contributed by atoms with Crippen molar-refractivity contribution >= 4 is 6.08 Å². The van der Waals surface area contributed by atoms with E-state index >= 15 is 0 Å². The van der Waals surface area contributed by atoms with Crippen molar-refractivity contribution in [3.05, 3.63) is 143 Å². The summed E-state index contributed by atoms with van der Waals surface area (Å²) in [4.78, 5) is 5.01. The van der Waals surface area contributed by atoms with Crippen molar-refractivity contribution < 1.29 is 4.74 Å². The Morgan fingerprint density at radius 1 is 0.767 bits per heavy atom. The molecular formula is C36H38N6O. The van der Waals surface area contributed by atoms with Crippen molar-refractivity contribution in [2.45, 2.75) is 26.5 Å². The molecule has 0 unspecified atom stereocenters. The number of rotatable bonds is 10. The van der Waals surface area contributed by atoms with Crippen LogP contribution in [0.1, 0.15) is 39.7 Å². The first-order valence-electron chi connectivity index (χ1n) is 15.0. The minimum atomic E-state index is -0.0980. The molecule has 1 fully saturated rings. The van der Waals surface area contributed by atoms with E-state index < -0.39 is 0 Å². The number of para-hydroxylation sites is 1. The largest absolute Gasteiger partial charge is 0.489 e. The molecule has 1 saturated heterocycles. The van der Waals surface area contributed by atoms with Gasteiger partial charge < -0.3 is 4.74 Å². The molecule has 0 radical (unpaired) electrons. The van der Waals surface area contributed by atoms with Crippen molar-refractivity contribution in [2.75, 3.05) is 32.7 Å². The molecular weight excluding hydrogens is 532 g/mol. The SMILES string of the molecule is Cc1cccc(C)c1-n1nnnc1[C@H](c1ccc(OCc2ccccc2)cc1)N1CCN(CC=Cc2ccccc2)CC1. The highest BCUT2D eigenvalue weighted by molar-refractivity contribution is 5.49. The molecule has 0 N–H and O–H groups in total. The van der Waals surface area contributed by atoms with Crippen LogP contribution in [0.2, 0.25) is 0 Å². The molecule has 1 atom stereocenters. The van der Waals surface area contributed by atoms with Gasteiger partial charge in [-0.3, -0.25) is 9.80 Å². The normalized spacial score (nSPS) is 15.1. The van der Waals surface area contributed by atoms with Crippen molar-refractivity contribution in [3.8, 4) is 11.4 Å². The van der Waals surface area contributed by atoms with Crippen LogP contribution >= 0.6 is 0 Å². The van der Waals surface area contributed by atoms with Gasteiger partial charge in [0.25, 0.3) is 0 Å². The highest BCUT2D eigenvalue weighted by Crippen LogP contribution is 2.32. The predicted molar refractivity (Wildman–Crippen MR) is 171 cm³/mol. The Morgan fingerprint density at radius 2 is 1.44 bits per heavy atom. The molecule has 7 nitrogen and oxygen atoms in total. The Kier molecular flexibility index (Phi) is 9.02. The third-order valence-electron chi connectivity index (χ3n) is 8.08. The minimum Gasteiger partial charge on any atom is -0.489 e. The molecule has 0 saturated carbocycles. The highest BCUT2D eigenvalue weighted by Gasteiger charge is 2.31. The number of piperazine rings is 1. The monoisotopic (exact) mass is 570 g/mol. The summed E-state index contributed by atoms with van der Waals surface area (Å²) in [5.41, 5.74) is 6.86. The summed E-state index contributed by atoms with van der Waals surface area (Å²) in [6, 6.07) is 35.4. The second kappa shape index (κ2) is 13.6. The minimum absolute atomic E-state index is 0.0980. The summed E-state index contributed by atoms with van der Waals surface area (Å²) in [5, 5.41) is 13.3. The number of tetrazole rings is 1. The van der Waals surface area contributed by atoms with Gasteiger partial charge in [0.1, 0.15) is 12.4 Å². The van der Waals surface area contributed by atoms with Crippen LogP contribution in [-0.2, 0) is 6.61 Å². The Balaban J connectivity index is 1.23. The Hall–Kier alpha value is -4.59. The van der Waals surface area contributed by atoms with Crippen LogP contribution in [0.4, 0.5) is 0 Å².